The standard InChI is InChI=1S/C8H7BrCl2O2/c1-12-5-3-4(10)8(13-2)6(9)7(5)11/h3H,1-2H3. The Balaban J connectivity index is 3.37. The largest absolute Gasteiger partial charge is 0.495 e. The monoisotopic (exact) mass is 284 g/mol. The lowest BCUT2D eigenvalue weighted by atomic mass is 10.3. The highest BCUT2D eigenvalue weighted by atomic mass is 79.9. The van der Waals surface area contributed by atoms with Crippen LogP contribution in [0.1, 0.15) is 0 Å². The number of rotatable bonds is 2. The third kappa shape index (κ3) is 2.03. The SMILES string of the molecule is COc1cc(Cl)c(OC)c(Br)c1Cl. The van der Waals surface area contributed by atoms with Crippen molar-refractivity contribution in [3.63, 3.8) is 0 Å². The van der Waals surface area contributed by atoms with E-state index in [0.717, 1.165) is 0 Å². The molecule has 13 heavy (non-hydrogen) atoms. The summed E-state index contributed by atoms with van der Waals surface area (Å²) in [6, 6.07) is 1.60. The van der Waals surface area contributed by atoms with E-state index >= 15 is 0 Å². The molecule has 0 heterocycles. The van der Waals surface area contributed by atoms with Crippen LogP contribution in [-0.4, -0.2) is 14.2 Å². The number of hydrogen-bond acceptors (Lipinski definition) is 2. The molecule has 0 N–H and O–H groups in total. The van der Waals surface area contributed by atoms with Gasteiger partial charge in [0.25, 0.3) is 0 Å². The van der Waals surface area contributed by atoms with Crippen LogP contribution in [0.15, 0.2) is 10.5 Å². The van der Waals surface area contributed by atoms with Gasteiger partial charge in [0.2, 0.25) is 0 Å². The minimum absolute atomic E-state index is 0.448. The van der Waals surface area contributed by atoms with Crippen LogP contribution in [-0.2, 0) is 0 Å². The summed E-state index contributed by atoms with van der Waals surface area (Å²) in [6.45, 7) is 0. The molecule has 0 saturated heterocycles. The summed E-state index contributed by atoms with van der Waals surface area (Å²) < 4.78 is 10.6. The van der Waals surface area contributed by atoms with Gasteiger partial charge in [0.15, 0.2) is 5.75 Å². The van der Waals surface area contributed by atoms with Gasteiger partial charge in [-0.25, -0.2) is 0 Å². The zero-order valence-corrected chi connectivity index (χ0v) is 10.1. The van der Waals surface area contributed by atoms with Crippen LogP contribution in [0.3, 0.4) is 0 Å². The molecule has 1 rings (SSSR count). The molecule has 1 aromatic carbocycles. The van der Waals surface area contributed by atoms with Gasteiger partial charge in [-0.15, -0.1) is 0 Å². The molecule has 0 unspecified atom stereocenters. The average Bonchev–Trinajstić information content (AvgIpc) is 2.12. The first kappa shape index (κ1) is 11.0. The van der Waals surface area contributed by atoms with Crippen molar-refractivity contribution in [1.82, 2.24) is 0 Å². The molecule has 0 aliphatic rings. The highest BCUT2D eigenvalue weighted by Gasteiger charge is 2.14. The molecule has 0 atom stereocenters. The van der Waals surface area contributed by atoms with Crippen molar-refractivity contribution in [3.05, 3.63) is 20.6 Å². The molecule has 0 aromatic heterocycles. The Morgan fingerprint density at radius 2 is 1.85 bits per heavy atom. The van der Waals surface area contributed by atoms with Gasteiger partial charge in [0, 0.05) is 6.07 Å². The number of benzene rings is 1. The van der Waals surface area contributed by atoms with Crippen molar-refractivity contribution < 1.29 is 9.47 Å². The third-order valence-electron chi connectivity index (χ3n) is 1.51. The molecular weight excluding hydrogens is 279 g/mol. The molecule has 0 fully saturated rings. The Hall–Kier alpha value is -0.120. The lowest BCUT2D eigenvalue weighted by molar-refractivity contribution is 0.401. The molecule has 0 spiro atoms. The predicted octanol–water partition coefficient (Wildman–Crippen LogP) is 3.77. The van der Waals surface area contributed by atoms with Crippen molar-refractivity contribution in [1.29, 1.82) is 0 Å². The molecular formula is C8H7BrCl2O2. The normalized spacial score (nSPS) is 9.92. The molecule has 72 valence electrons. The second-order valence-corrected chi connectivity index (χ2v) is 3.80. The Kier molecular flexibility index (Phi) is 3.71. The van der Waals surface area contributed by atoms with Crippen LogP contribution in [0.25, 0.3) is 0 Å². The fraction of sp³-hybridized carbons (Fsp3) is 0.250. The number of methoxy groups -OCH3 is 2. The van der Waals surface area contributed by atoms with E-state index in [1.54, 1.807) is 6.07 Å². The van der Waals surface area contributed by atoms with Gasteiger partial charge in [0.1, 0.15) is 10.8 Å². The van der Waals surface area contributed by atoms with Gasteiger partial charge in [-0.2, -0.15) is 0 Å². The van der Waals surface area contributed by atoms with E-state index < -0.39 is 0 Å². The summed E-state index contributed by atoms with van der Waals surface area (Å²) >= 11 is 15.1. The Morgan fingerprint density at radius 1 is 1.23 bits per heavy atom. The van der Waals surface area contributed by atoms with Crippen LogP contribution >= 0.6 is 39.1 Å². The number of ether oxygens (including phenoxy) is 2. The highest BCUT2D eigenvalue weighted by molar-refractivity contribution is 9.10. The first-order valence-electron chi connectivity index (χ1n) is 3.37. The molecule has 1 aromatic rings. The molecule has 0 bridgehead atoms. The topological polar surface area (TPSA) is 18.5 Å². The maximum absolute atomic E-state index is 5.94. The Morgan fingerprint density at radius 3 is 2.31 bits per heavy atom. The van der Waals surface area contributed by atoms with E-state index in [1.807, 2.05) is 0 Å². The van der Waals surface area contributed by atoms with Crippen molar-refractivity contribution in [2.45, 2.75) is 0 Å². The molecule has 0 aliphatic heterocycles. The Labute approximate surface area is 94.9 Å². The fourth-order valence-electron chi connectivity index (χ4n) is 0.892. The van der Waals surface area contributed by atoms with Gasteiger partial charge < -0.3 is 9.47 Å². The summed E-state index contributed by atoms with van der Waals surface area (Å²) in [6.07, 6.45) is 0. The van der Waals surface area contributed by atoms with Crippen molar-refractivity contribution in [2.24, 2.45) is 0 Å². The van der Waals surface area contributed by atoms with Gasteiger partial charge in [0.05, 0.1) is 23.7 Å². The number of halogens is 3. The first-order valence-corrected chi connectivity index (χ1v) is 4.92. The third-order valence-corrected chi connectivity index (χ3v) is 3.15. The van der Waals surface area contributed by atoms with Crippen molar-refractivity contribution in [3.8, 4) is 11.5 Å². The molecule has 0 saturated carbocycles. The predicted molar refractivity (Wildman–Crippen MR) is 57.3 cm³/mol. The van der Waals surface area contributed by atoms with Crippen LogP contribution in [0.2, 0.25) is 10.0 Å². The average molecular weight is 286 g/mol. The van der Waals surface area contributed by atoms with Crippen LogP contribution in [0, 0.1) is 0 Å². The summed E-state index contributed by atoms with van der Waals surface area (Å²) in [5.41, 5.74) is 0. The summed E-state index contributed by atoms with van der Waals surface area (Å²) in [5.74, 6) is 1.02. The quantitative estimate of drug-likeness (QED) is 0.770. The van der Waals surface area contributed by atoms with Crippen LogP contribution in [0.4, 0.5) is 0 Å². The zero-order valence-electron chi connectivity index (χ0n) is 7.03. The zero-order chi connectivity index (χ0) is 10.0. The van der Waals surface area contributed by atoms with E-state index in [9.17, 15) is 0 Å². The minimum atomic E-state index is 0.448. The first-order chi connectivity index (χ1) is 6.11. The van der Waals surface area contributed by atoms with Crippen molar-refractivity contribution in [2.75, 3.05) is 14.2 Å². The van der Waals surface area contributed by atoms with Crippen molar-refractivity contribution >= 4 is 39.1 Å². The van der Waals surface area contributed by atoms with Crippen LogP contribution in [0.5, 0.6) is 11.5 Å². The highest BCUT2D eigenvalue weighted by Crippen LogP contribution is 2.43. The molecule has 0 amide bonds. The summed E-state index contributed by atoms with van der Waals surface area (Å²) in [7, 11) is 3.05. The summed E-state index contributed by atoms with van der Waals surface area (Å²) in [5, 5.41) is 0.902. The second kappa shape index (κ2) is 4.40. The van der Waals surface area contributed by atoms with Gasteiger partial charge >= 0.3 is 0 Å². The fourth-order valence-corrected chi connectivity index (χ4v) is 2.07. The smallest absolute Gasteiger partial charge is 0.153 e. The van der Waals surface area contributed by atoms with E-state index in [0.29, 0.717) is 26.0 Å². The molecule has 5 heteroatoms. The molecule has 0 aliphatic carbocycles. The summed E-state index contributed by atoms with van der Waals surface area (Å²) in [4.78, 5) is 0. The lowest BCUT2D eigenvalue weighted by Gasteiger charge is -2.10. The van der Waals surface area contributed by atoms with E-state index in [-0.39, 0.29) is 0 Å². The number of hydrogen-bond donors (Lipinski definition) is 0. The van der Waals surface area contributed by atoms with E-state index in [4.69, 9.17) is 32.7 Å². The maximum Gasteiger partial charge on any atom is 0.153 e. The van der Waals surface area contributed by atoms with Gasteiger partial charge in [-0.05, 0) is 15.9 Å². The lowest BCUT2D eigenvalue weighted by Crippen LogP contribution is -1.90. The van der Waals surface area contributed by atoms with Gasteiger partial charge in [-0.1, -0.05) is 23.2 Å². The van der Waals surface area contributed by atoms with Crippen LogP contribution < -0.4 is 9.47 Å². The Bertz CT molecular complexity index is 328. The molecule has 2 nitrogen and oxygen atoms in total. The van der Waals surface area contributed by atoms with E-state index in [1.165, 1.54) is 14.2 Å². The van der Waals surface area contributed by atoms with Gasteiger partial charge in [-0.3, -0.25) is 0 Å². The van der Waals surface area contributed by atoms with E-state index in [2.05, 4.69) is 15.9 Å². The maximum atomic E-state index is 5.94. The molecule has 0 radical (unpaired) electrons. The second-order valence-electron chi connectivity index (χ2n) is 2.22. The minimum Gasteiger partial charge on any atom is -0.495 e.